The molecule has 1 heterocycles. The highest BCUT2D eigenvalue weighted by Gasteiger charge is 2.44. The van der Waals surface area contributed by atoms with Crippen molar-refractivity contribution in [3.63, 3.8) is 0 Å². The molecule has 2 aromatic rings. The molecule has 7 heteroatoms. The van der Waals surface area contributed by atoms with Crippen LogP contribution in [-0.2, 0) is 11.8 Å². The fraction of sp³-hybridized carbons (Fsp3) is 0.500. The molecule has 1 saturated carbocycles. The van der Waals surface area contributed by atoms with Gasteiger partial charge in [-0.25, -0.2) is 9.37 Å². The third-order valence-electron chi connectivity index (χ3n) is 4.70. The van der Waals surface area contributed by atoms with Crippen LogP contribution in [0.15, 0.2) is 34.6 Å². The van der Waals surface area contributed by atoms with Gasteiger partial charge in [0.05, 0.1) is 11.6 Å². The average Bonchev–Trinajstić information content (AvgIpc) is 3.31. The van der Waals surface area contributed by atoms with E-state index in [1.165, 1.54) is 11.1 Å². The van der Waals surface area contributed by atoms with E-state index in [-0.39, 0.29) is 35.2 Å². The quantitative estimate of drug-likeness (QED) is 0.243. The minimum atomic E-state index is -0.166. The number of hydrogen-bond acceptors (Lipinski definition) is 3. The molecule has 1 aliphatic rings. The van der Waals surface area contributed by atoms with Crippen molar-refractivity contribution in [3.05, 3.63) is 51.7 Å². The molecule has 1 fully saturated rings. The highest BCUT2D eigenvalue weighted by atomic mass is 127. The normalized spacial score (nSPS) is 15.1. The van der Waals surface area contributed by atoms with Crippen LogP contribution in [0.25, 0.3) is 0 Å². The number of hydrogen-bond donors (Lipinski definition) is 2. The Hall–Kier alpha value is -1.22. The van der Waals surface area contributed by atoms with Gasteiger partial charge in [0, 0.05) is 36.0 Å². The molecule has 3 rings (SSSR count). The van der Waals surface area contributed by atoms with E-state index in [4.69, 9.17) is 4.99 Å². The Kier molecular flexibility index (Phi) is 8.47. The Morgan fingerprint density at radius 3 is 2.78 bits per heavy atom. The number of halogens is 2. The first-order valence-electron chi connectivity index (χ1n) is 9.30. The molecule has 0 atom stereocenters. The van der Waals surface area contributed by atoms with Crippen molar-refractivity contribution in [2.24, 2.45) is 4.99 Å². The van der Waals surface area contributed by atoms with Gasteiger partial charge in [0.1, 0.15) is 5.82 Å². The fourth-order valence-corrected chi connectivity index (χ4v) is 3.86. The van der Waals surface area contributed by atoms with Crippen LogP contribution in [0, 0.1) is 12.7 Å². The van der Waals surface area contributed by atoms with Crippen LogP contribution >= 0.6 is 35.3 Å². The average molecular weight is 502 g/mol. The maximum absolute atomic E-state index is 13.5. The fourth-order valence-electron chi connectivity index (χ4n) is 3.04. The van der Waals surface area contributed by atoms with Gasteiger partial charge >= 0.3 is 0 Å². The second-order valence-electron chi connectivity index (χ2n) is 6.90. The van der Waals surface area contributed by atoms with Crippen LogP contribution in [0.1, 0.15) is 42.5 Å². The van der Waals surface area contributed by atoms with Gasteiger partial charge in [-0.05, 0) is 50.8 Å². The summed E-state index contributed by atoms with van der Waals surface area (Å²) in [5.41, 5.74) is 2.18. The molecule has 2 N–H and O–H groups in total. The molecule has 0 bridgehead atoms. The van der Waals surface area contributed by atoms with Gasteiger partial charge in [-0.1, -0.05) is 12.1 Å². The Bertz CT molecular complexity index is 758. The van der Waals surface area contributed by atoms with Crippen molar-refractivity contribution < 1.29 is 4.39 Å². The smallest absolute Gasteiger partial charge is 0.191 e. The Morgan fingerprint density at radius 1 is 1.33 bits per heavy atom. The minimum absolute atomic E-state index is 0. The number of thiazole rings is 1. The maximum Gasteiger partial charge on any atom is 0.191 e. The second kappa shape index (κ2) is 10.4. The van der Waals surface area contributed by atoms with Crippen molar-refractivity contribution in [3.8, 4) is 0 Å². The van der Waals surface area contributed by atoms with Gasteiger partial charge in [0.2, 0.25) is 0 Å². The SMILES string of the molecule is CCNC(=NCC1(c2cccc(F)c2)CC1)NCCCc1nc(C)cs1.I. The molecule has 0 unspecified atom stereocenters. The number of benzene rings is 1. The van der Waals surface area contributed by atoms with E-state index in [0.29, 0.717) is 6.54 Å². The number of nitrogens with one attached hydrogen (secondary N) is 2. The van der Waals surface area contributed by atoms with Crippen molar-refractivity contribution in [2.75, 3.05) is 19.6 Å². The number of nitrogens with zero attached hydrogens (tertiary/aromatic N) is 2. The van der Waals surface area contributed by atoms with Crippen molar-refractivity contribution in [1.82, 2.24) is 15.6 Å². The summed E-state index contributed by atoms with van der Waals surface area (Å²) in [7, 11) is 0. The van der Waals surface area contributed by atoms with Crippen LogP contribution in [0.2, 0.25) is 0 Å². The summed E-state index contributed by atoms with van der Waals surface area (Å²) in [6, 6.07) is 6.96. The Labute approximate surface area is 182 Å². The zero-order chi connectivity index (χ0) is 18.4. The molecule has 0 radical (unpaired) electrons. The monoisotopic (exact) mass is 502 g/mol. The largest absolute Gasteiger partial charge is 0.357 e. The van der Waals surface area contributed by atoms with E-state index in [0.717, 1.165) is 56.0 Å². The van der Waals surface area contributed by atoms with Crippen LogP contribution in [0.3, 0.4) is 0 Å². The summed E-state index contributed by atoms with van der Waals surface area (Å²) < 4.78 is 13.5. The third kappa shape index (κ3) is 6.41. The number of guanidine groups is 1. The first kappa shape index (κ1) is 22.1. The van der Waals surface area contributed by atoms with Crippen molar-refractivity contribution in [2.45, 2.75) is 44.9 Å². The number of aliphatic imine (C=N–C) groups is 1. The van der Waals surface area contributed by atoms with Gasteiger partial charge in [0.25, 0.3) is 0 Å². The van der Waals surface area contributed by atoms with E-state index in [1.54, 1.807) is 23.5 Å². The molecule has 1 aromatic carbocycles. The lowest BCUT2D eigenvalue weighted by atomic mass is 9.96. The van der Waals surface area contributed by atoms with Crippen LogP contribution in [-0.4, -0.2) is 30.6 Å². The molecule has 0 aliphatic heterocycles. The first-order valence-corrected chi connectivity index (χ1v) is 10.2. The molecule has 1 aliphatic carbocycles. The van der Waals surface area contributed by atoms with Crippen LogP contribution in [0.5, 0.6) is 0 Å². The van der Waals surface area contributed by atoms with Gasteiger partial charge in [-0.3, -0.25) is 4.99 Å². The molecule has 148 valence electrons. The topological polar surface area (TPSA) is 49.3 Å². The lowest BCUT2D eigenvalue weighted by molar-refractivity contribution is 0.615. The van der Waals surface area contributed by atoms with Gasteiger partial charge in [0.15, 0.2) is 5.96 Å². The summed E-state index contributed by atoms with van der Waals surface area (Å²) in [5.74, 6) is 0.672. The van der Waals surface area contributed by atoms with Crippen molar-refractivity contribution >= 4 is 41.3 Å². The van der Waals surface area contributed by atoms with Gasteiger partial charge in [-0.15, -0.1) is 35.3 Å². The molecular weight excluding hydrogens is 474 g/mol. The summed E-state index contributed by atoms with van der Waals surface area (Å²) in [6.45, 7) is 6.47. The van der Waals surface area contributed by atoms with Crippen LogP contribution in [0.4, 0.5) is 4.39 Å². The molecule has 27 heavy (non-hydrogen) atoms. The molecule has 0 spiro atoms. The summed E-state index contributed by atoms with van der Waals surface area (Å²) in [6.07, 6.45) is 4.15. The zero-order valence-corrected chi connectivity index (χ0v) is 19.1. The number of aryl methyl sites for hydroxylation is 2. The van der Waals surface area contributed by atoms with E-state index in [2.05, 4.69) is 27.9 Å². The van der Waals surface area contributed by atoms with Gasteiger partial charge in [-0.2, -0.15) is 0 Å². The van der Waals surface area contributed by atoms with Gasteiger partial charge < -0.3 is 10.6 Å². The summed E-state index contributed by atoms with van der Waals surface area (Å²) in [5, 5.41) is 9.99. The minimum Gasteiger partial charge on any atom is -0.357 e. The summed E-state index contributed by atoms with van der Waals surface area (Å²) >= 11 is 1.72. The number of rotatable bonds is 8. The third-order valence-corrected chi connectivity index (χ3v) is 5.73. The second-order valence-corrected chi connectivity index (χ2v) is 7.84. The molecule has 0 saturated heterocycles. The van der Waals surface area contributed by atoms with E-state index >= 15 is 0 Å². The number of aromatic nitrogens is 1. The first-order chi connectivity index (χ1) is 12.6. The Morgan fingerprint density at radius 2 is 2.15 bits per heavy atom. The standard InChI is InChI=1S/C20H27FN4S.HI/c1-3-22-19(23-11-5-8-18-25-15(2)13-26-18)24-14-20(9-10-20)16-6-4-7-17(21)12-16;/h4,6-7,12-13H,3,5,8-11,14H2,1-2H3,(H2,22,23,24);1H. The van der Waals surface area contributed by atoms with Crippen LogP contribution < -0.4 is 10.6 Å². The highest BCUT2D eigenvalue weighted by Crippen LogP contribution is 2.48. The van der Waals surface area contributed by atoms with E-state index in [9.17, 15) is 4.39 Å². The Balaban J connectivity index is 0.00000261. The molecule has 4 nitrogen and oxygen atoms in total. The molecular formula is C20H28FIN4S. The molecule has 0 amide bonds. The highest BCUT2D eigenvalue weighted by molar-refractivity contribution is 14.0. The molecule has 1 aromatic heterocycles. The predicted octanol–water partition coefficient (Wildman–Crippen LogP) is 4.43. The predicted molar refractivity (Wildman–Crippen MR) is 122 cm³/mol. The lowest BCUT2D eigenvalue weighted by Crippen LogP contribution is -2.38. The maximum atomic E-state index is 13.5. The van der Waals surface area contributed by atoms with E-state index < -0.39 is 0 Å². The summed E-state index contributed by atoms with van der Waals surface area (Å²) in [4.78, 5) is 9.26. The lowest BCUT2D eigenvalue weighted by Gasteiger charge is -2.16. The van der Waals surface area contributed by atoms with E-state index in [1.807, 2.05) is 13.0 Å². The van der Waals surface area contributed by atoms with Crippen molar-refractivity contribution in [1.29, 1.82) is 0 Å². The zero-order valence-electron chi connectivity index (χ0n) is 15.9.